The summed E-state index contributed by atoms with van der Waals surface area (Å²) >= 11 is 0. The number of aliphatic carboxylic acids is 1. The van der Waals surface area contributed by atoms with E-state index in [0.717, 1.165) is 19.3 Å². The van der Waals surface area contributed by atoms with Gasteiger partial charge in [0.2, 0.25) is 0 Å². The molecule has 2 rings (SSSR count). The largest absolute Gasteiger partial charge is 0.481 e. The normalized spacial score (nSPS) is 9.71. The van der Waals surface area contributed by atoms with E-state index in [1.54, 1.807) is 0 Å². The Kier molecular flexibility index (Phi) is 5.86. The van der Waals surface area contributed by atoms with Crippen molar-refractivity contribution in [3.8, 4) is 0 Å². The number of para-hydroxylation sites is 1. The van der Waals surface area contributed by atoms with Gasteiger partial charge in [0, 0.05) is 18.1 Å². The highest BCUT2D eigenvalue weighted by molar-refractivity contribution is 5.78. The Bertz CT molecular complexity index is 418. The first kappa shape index (κ1) is 13.3. The van der Waals surface area contributed by atoms with Gasteiger partial charge in [-0.2, -0.15) is 0 Å². The molecule has 2 aromatic rings. The number of nitrogens with one attached hydrogen (secondary N) is 1. The summed E-state index contributed by atoms with van der Waals surface area (Å²) in [6, 6.07) is 10.3. The summed E-state index contributed by atoms with van der Waals surface area (Å²) in [5.74, 6) is -0.682. The molecule has 3 nitrogen and oxygen atoms in total. The van der Waals surface area contributed by atoms with Gasteiger partial charge >= 0.3 is 5.97 Å². The van der Waals surface area contributed by atoms with Crippen LogP contribution in [-0.2, 0) is 4.79 Å². The summed E-state index contributed by atoms with van der Waals surface area (Å²) in [5, 5.41) is 9.42. The number of carboxylic acids is 1. The number of fused-ring (bicyclic) bond motifs is 1. The molecular weight excluding hydrogens is 214 g/mol. The van der Waals surface area contributed by atoms with Gasteiger partial charge in [0.1, 0.15) is 0 Å². The van der Waals surface area contributed by atoms with E-state index >= 15 is 0 Å². The lowest BCUT2D eigenvalue weighted by Gasteiger charge is -1.89. The Labute approximate surface area is 101 Å². The molecule has 0 fully saturated rings. The molecule has 92 valence electrons. The molecule has 2 N–H and O–H groups in total. The van der Waals surface area contributed by atoms with Gasteiger partial charge in [0.25, 0.3) is 0 Å². The molecule has 3 heteroatoms. The number of H-pyrrole nitrogens is 1. The zero-order valence-electron chi connectivity index (χ0n) is 10.1. The third kappa shape index (κ3) is 5.20. The Morgan fingerprint density at radius 2 is 2.00 bits per heavy atom. The van der Waals surface area contributed by atoms with Crippen molar-refractivity contribution in [3.05, 3.63) is 36.5 Å². The van der Waals surface area contributed by atoms with Crippen LogP contribution in [0.2, 0.25) is 0 Å². The predicted octanol–water partition coefficient (Wildman–Crippen LogP) is 3.82. The molecule has 0 aliphatic heterocycles. The molecule has 0 aliphatic carbocycles. The smallest absolute Gasteiger partial charge is 0.303 e. The minimum absolute atomic E-state index is 0.327. The Hall–Kier alpha value is -1.77. The average Bonchev–Trinajstić information content (AvgIpc) is 2.78. The fourth-order valence-electron chi connectivity index (χ4n) is 1.52. The first-order chi connectivity index (χ1) is 8.24. The highest BCUT2D eigenvalue weighted by Crippen LogP contribution is 2.09. The van der Waals surface area contributed by atoms with E-state index in [4.69, 9.17) is 5.11 Å². The first-order valence-corrected chi connectivity index (χ1v) is 5.98. The van der Waals surface area contributed by atoms with Crippen molar-refractivity contribution in [2.45, 2.75) is 32.6 Å². The summed E-state index contributed by atoms with van der Waals surface area (Å²) in [4.78, 5) is 13.0. The van der Waals surface area contributed by atoms with Crippen LogP contribution >= 0.6 is 0 Å². The van der Waals surface area contributed by atoms with Crippen molar-refractivity contribution in [1.82, 2.24) is 4.98 Å². The van der Waals surface area contributed by atoms with E-state index in [2.05, 4.69) is 30.1 Å². The van der Waals surface area contributed by atoms with Crippen LogP contribution in [0.15, 0.2) is 36.5 Å². The average molecular weight is 233 g/mol. The number of carbonyl (C=O) groups is 1. The van der Waals surface area contributed by atoms with Crippen molar-refractivity contribution in [1.29, 1.82) is 0 Å². The Morgan fingerprint density at radius 1 is 1.24 bits per heavy atom. The molecule has 17 heavy (non-hydrogen) atoms. The second kappa shape index (κ2) is 7.49. The van der Waals surface area contributed by atoms with Crippen LogP contribution in [0.25, 0.3) is 10.9 Å². The van der Waals surface area contributed by atoms with E-state index < -0.39 is 5.97 Å². The summed E-state index contributed by atoms with van der Waals surface area (Å²) in [6.45, 7) is 2.06. The maximum atomic E-state index is 9.87. The number of benzene rings is 1. The molecule has 0 amide bonds. The number of aromatic amines is 1. The van der Waals surface area contributed by atoms with Crippen LogP contribution in [-0.4, -0.2) is 16.1 Å². The SMILES string of the molecule is CCCCCC(=O)O.c1ccc2[nH]ccc2c1. The van der Waals surface area contributed by atoms with Gasteiger partial charge in [-0.25, -0.2) is 0 Å². The van der Waals surface area contributed by atoms with Crippen LogP contribution in [0.4, 0.5) is 0 Å². The molecule has 0 saturated heterocycles. The number of hydrogen-bond acceptors (Lipinski definition) is 1. The van der Waals surface area contributed by atoms with Crippen LogP contribution in [0.1, 0.15) is 32.6 Å². The molecule has 0 unspecified atom stereocenters. The van der Waals surface area contributed by atoms with Gasteiger partial charge in [-0.05, 0) is 23.9 Å². The lowest BCUT2D eigenvalue weighted by Crippen LogP contribution is -1.92. The van der Waals surface area contributed by atoms with E-state index in [9.17, 15) is 4.79 Å². The molecule has 1 heterocycles. The van der Waals surface area contributed by atoms with Gasteiger partial charge < -0.3 is 10.1 Å². The highest BCUT2D eigenvalue weighted by Gasteiger charge is 1.92. The highest BCUT2D eigenvalue weighted by atomic mass is 16.4. The quantitative estimate of drug-likeness (QED) is 0.789. The zero-order chi connectivity index (χ0) is 12.5. The Balaban J connectivity index is 0.000000172. The molecule has 0 saturated carbocycles. The van der Waals surface area contributed by atoms with Crippen molar-refractivity contribution in [2.75, 3.05) is 0 Å². The molecule has 0 spiro atoms. The monoisotopic (exact) mass is 233 g/mol. The summed E-state index contributed by atoms with van der Waals surface area (Å²) in [5.41, 5.74) is 1.21. The van der Waals surface area contributed by atoms with Gasteiger partial charge in [-0.15, -0.1) is 0 Å². The number of hydrogen-bond donors (Lipinski definition) is 2. The molecule has 1 aromatic carbocycles. The minimum atomic E-state index is -0.682. The maximum Gasteiger partial charge on any atom is 0.303 e. The molecular formula is C14H19NO2. The van der Waals surface area contributed by atoms with Gasteiger partial charge in [0.15, 0.2) is 0 Å². The van der Waals surface area contributed by atoms with Crippen LogP contribution < -0.4 is 0 Å². The first-order valence-electron chi connectivity index (χ1n) is 5.98. The van der Waals surface area contributed by atoms with E-state index in [1.807, 2.05) is 18.3 Å². The predicted molar refractivity (Wildman–Crippen MR) is 70.1 cm³/mol. The lowest BCUT2D eigenvalue weighted by molar-refractivity contribution is -0.137. The van der Waals surface area contributed by atoms with Crippen LogP contribution in [0.5, 0.6) is 0 Å². The number of aromatic nitrogens is 1. The number of rotatable bonds is 4. The van der Waals surface area contributed by atoms with Crippen molar-refractivity contribution < 1.29 is 9.90 Å². The van der Waals surface area contributed by atoms with Crippen molar-refractivity contribution >= 4 is 16.9 Å². The topological polar surface area (TPSA) is 53.1 Å². The summed E-state index contributed by atoms with van der Waals surface area (Å²) in [6.07, 6.45) is 5.23. The van der Waals surface area contributed by atoms with Gasteiger partial charge in [-0.3, -0.25) is 4.79 Å². The maximum absolute atomic E-state index is 9.87. The summed E-state index contributed by atoms with van der Waals surface area (Å²) < 4.78 is 0. The van der Waals surface area contributed by atoms with Crippen LogP contribution in [0.3, 0.4) is 0 Å². The van der Waals surface area contributed by atoms with E-state index in [0.29, 0.717) is 6.42 Å². The molecule has 0 bridgehead atoms. The standard InChI is InChI=1S/C8H7N.C6H12O2/c1-2-4-8-7(3-1)5-6-9-8;1-2-3-4-5-6(7)8/h1-6,9H;2-5H2,1H3,(H,7,8). The fourth-order valence-corrected chi connectivity index (χ4v) is 1.52. The van der Waals surface area contributed by atoms with Crippen LogP contribution in [0, 0.1) is 0 Å². The van der Waals surface area contributed by atoms with Crippen molar-refractivity contribution in [3.63, 3.8) is 0 Å². The number of unbranched alkanes of at least 4 members (excludes halogenated alkanes) is 2. The Morgan fingerprint density at radius 3 is 2.65 bits per heavy atom. The number of carboxylic acid groups (broad SMARTS) is 1. The molecule has 0 atom stereocenters. The second-order valence-corrected chi connectivity index (χ2v) is 3.92. The third-order valence-electron chi connectivity index (χ3n) is 2.46. The molecule has 0 radical (unpaired) electrons. The van der Waals surface area contributed by atoms with E-state index in [1.165, 1.54) is 10.9 Å². The lowest BCUT2D eigenvalue weighted by atomic mass is 10.2. The minimum Gasteiger partial charge on any atom is -0.481 e. The molecule has 0 aliphatic rings. The summed E-state index contributed by atoms with van der Waals surface area (Å²) in [7, 11) is 0. The zero-order valence-corrected chi connectivity index (χ0v) is 10.1. The van der Waals surface area contributed by atoms with Gasteiger partial charge in [-0.1, -0.05) is 38.0 Å². The van der Waals surface area contributed by atoms with Gasteiger partial charge in [0.05, 0.1) is 0 Å². The second-order valence-electron chi connectivity index (χ2n) is 3.92. The molecule has 1 aromatic heterocycles. The van der Waals surface area contributed by atoms with E-state index in [-0.39, 0.29) is 0 Å². The third-order valence-corrected chi connectivity index (χ3v) is 2.46. The van der Waals surface area contributed by atoms with Crippen molar-refractivity contribution in [2.24, 2.45) is 0 Å². The fraction of sp³-hybridized carbons (Fsp3) is 0.357.